The van der Waals surface area contributed by atoms with Crippen molar-refractivity contribution in [2.45, 2.75) is 26.8 Å². The van der Waals surface area contributed by atoms with E-state index in [1.165, 1.54) is 11.3 Å². The summed E-state index contributed by atoms with van der Waals surface area (Å²) in [5, 5.41) is 5.20. The Morgan fingerprint density at radius 3 is 3.00 bits per heavy atom. The van der Waals surface area contributed by atoms with E-state index in [0.29, 0.717) is 5.92 Å². The third kappa shape index (κ3) is 3.64. The lowest BCUT2D eigenvalue weighted by Crippen LogP contribution is -2.26. The monoisotopic (exact) mass is 214 g/mol. The van der Waals surface area contributed by atoms with Crippen LogP contribution in [0.2, 0.25) is 0 Å². The Balaban J connectivity index is 2.30. The molecule has 0 aliphatic heterocycles. The number of hydrogen-bond donors (Lipinski definition) is 1. The van der Waals surface area contributed by atoms with Crippen LogP contribution in [0.25, 0.3) is 0 Å². The topological polar surface area (TPSA) is 34.0 Å². The Morgan fingerprint density at radius 1 is 1.64 bits per heavy atom. The molecule has 1 N–H and O–H groups in total. The summed E-state index contributed by atoms with van der Waals surface area (Å²) in [5.41, 5.74) is 0. The highest BCUT2D eigenvalue weighted by Gasteiger charge is 2.04. The first-order valence-corrected chi connectivity index (χ1v) is 5.96. The first-order valence-electron chi connectivity index (χ1n) is 5.08. The molecule has 0 aromatic carbocycles. The minimum atomic E-state index is 0.146. The number of aromatic nitrogens is 1. The van der Waals surface area contributed by atoms with Crippen LogP contribution in [0.1, 0.15) is 20.3 Å². The molecule has 1 aromatic rings. The van der Waals surface area contributed by atoms with Gasteiger partial charge >= 0.3 is 4.87 Å². The molecule has 0 amide bonds. The molecule has 1 aromatic heterocycles. The number of nitrogens with one attached hydrogen (secondary N) is 1. The summed E-state index contributed by atoms with van der Waals surface area (Å²) in [5.74, 6) is 0.508. The molecule has 1 heterocycles. The van der Waals surface area contributed by atoms with Crippen LogP contribution < -0.4 is 10.2 Å². The first-order chi connectivity index (χ1) is 6.74. The molecular weight excluding hydrogens is 196 g/mol. The molecule has 0 saturated carbocycles. The zero-order valence-electron chi connectivity index (χ0n) is 8.82. The summed E-state index contributed by atoms with van der Waals surface area (Å²) < 4.78 is 1.78. The van der Waals surface area contributed by atoms with Crippen LogP contribution in [0.15, 0.2) is 16.4 Å². The highest BCUT2D eigenvalue weighted by Crippen LogP contribution is 1.98. The summed E-state index contributed by atoms with van der Waals surface area (Å²) in [6, 6.07) is 0. The van der Waals surface area contributed by atoms with Crippen LogP contribution >= 0.6 is 11.3 Å². The van der Waals surface area contributed by atoms with E-state index in [-0.39, 0.29) is 4.87 Å². The minimum Gasteiger partial charge on any atom is -0.316 e. The van der Waals surface area contributed by atoms with E-state index < -0.39 is 0 Å². The van der Waals surface area contributed by atoms with Crippen molar-refractivity contribution >= 4 is 11.3 Å². The minimum absolute atomic E-state index is 0.146. The number of nitrogens with zero attached hydrogens (tertiary/aromatic N) is 1. The average Bonchev–Trinajstić information content (AvgIpc) is 2.52. The van der Waals surface area contributed by atoms with Crippen LogP contribution in [0, 0.1) is 5.92 Å². The molecule has 0 aliphatic carbocycles. The number of hydrogen-bond acceptors (Lipinski definition) is 3. The summed E-state index contributed by atoms with van der Waals surface area (Å²) in [6.07, 6.45) is 3.02. The fourth-order valence-corrected chi connectivity index (χ4v) is 1.95. The van der Waals surface area contributed by atoms with Gasteiger partial charge in [0.05, 0.1) is 0 Å². The van der Waals surface area contributed by atoms with Gasteiger partial charge in [0.1, 0.15) is 0 Å². The molecular formula is C10H18N2OS. The quantitative estimate of drug-likeness (QED) is 0.729. The second kappa shape index (κ2) is 5.98. The third-order valence-electron chi connectivity index (χ3n) is 2.07. The smallest absolute Gasteiger partial charge is 0.307 e. The summed E-state index contributed by atoms with van der Waals surface area (Å²) in [6.45, 7) is 7.17. The van der Waals surface area contributed by atoms with E-state index in [2.05, 4.69) is 19.2 Å². The molecule has 1 unspecified atom stereocenters. The van der Waals surface area contributed by atoms with Gasteiger partial charge in [0, 0.05) is 18.1 Å². The molecule has 3 nitrogen and oxygen atoms in total. The van der Waals surface area contributed by atoms with Crippen molar-refractivity contribution in [1.82, 2.24) is 9.88 Å². The molecule has 0 bridgehead atoms. The van der Waals surface area contributed by atoms with Crippen LogP contribution in [0.5, 0.6) is 0 Å². The van der Waals surface area contributed by atoms with Gasteiger partial charge in [-0.3, -0.25) is 4.79 Å². The Morgan fingerprint density at radius 2 is 2.43 bits per heavy atom. The highest BCUT2D eigenvalue weighted by molar-refractivity contribution is 7.07. The molecule has 0 spiro atoms. The van der Waals surface area contributed by atoms with Crippen molar-refractivity contribution in [3.63, 3.8) is 0 Å². The largest absolute Gasteiger partial charge is 0.316 e. The van der Waals surface area contributed by atoms with Gasteiger partial charge in [0.2, 0.25) is 0 Å². The summed E-state index contributed by atoms with van der Waals surface area (Å²) >= 11 is 1.26. The zero-order valence-corrected chi connectivity index (χ0v) is 9.64. The van der Waals surface area contributed by atoms with Gasteiger partial charge in [0.25, 0.3) is 0 Å². The summed E-state index contributed by atoms with van der Waals surface area (Å²) in [4.78, 5) is 11.4. The normalized spacial score (nSPS) is 13.0. The predicted molar refractivity (Wildman–Crippen MR) is 60.9 cm³/mol. The zero-order chi connectivity index (χ0) is 10.4. The molecule has 4 heteroatoms. The number of thiazole rings is 1. The van der Waals surface area contributed by atoms with E-state index in [4.69, 9.17) is 0 Å². The van der Waals surface area contributed by atoms with Crippen LogP contribution in [-0.4, -0.2) is 17.7 Å². The SMILES string of the molecule is CCCNCC(C)Cn1ccsc1=O. The first kappa shape index (κ1) is 11.5. The van der Waals surface area contributed by atoms with E-state index in [1.54, 1.807) is 4.57 Å². The lowest BCUT2D eigenvalue weighted by atomic mass is 10.2. The van der Waals surface area contributed by atoms with Crippen molar-refractivity contribution in [3.8, 4) is 0 Å². The van der Waals surface area contributed by atoms with Crippen molar-refractivity contribution in [3.05, 3.63) is 21.2 Å². The van der Waals surface area contributed by atoms with E-state index in [1.807, 2.05) is 11.6 Å². The van der Waals surface area contributed by atoms with Gasteiger partial charge in [-0.15, -0.1) is 0 Å². The second-order valence-electron chi connectivity index (χ2n) is 3.63. The van der Waals surface area contributed by atoms with Crippen LogP contribution in [-0.2, 0) is 6.54 Å². The maximum absolute atomic E-state index is 11.2. The Bertz CT molecular complexity index is 305. The predicted octanol–water partition coefficient (Wildman–Crippen LogP) is 1.55. The van der Waals surface area contributed by atoms with Gasteiger partial charge in [-0.1, -0.05) is 25.2 Å². The van der Waals surface area contributed by atoms with Gasteiger partial charge < -0.3 is 9.88 Å². The van der Waals surface area contributed by atoms with Crippen molar-refractivity contribution in [2.75, 3.05) is 13.1 Å². The second-order valence-corrected chi connectivity index (χ2v) is 4.49. The Hall–Kier alpha value is -0.610. The fourth-order valence-electron chi connectivity index (χ4n) is 1.35. The molecule has 1 atom stereocenters. The average molecular weight is 214 g/mol. The van der Waals surface area contributed by atoms with Gasteiger partial charge in [-0.25, -0.2) is 0 Å². The third-order valence-corrected chi connectivity index (χ3v) is 2.77. The van der Waals surface area contributed by atoms with Crippen LogP contribution in [0.3, 0.4) is 0 Å². The standard InChI is InChI=1S/C10H18N2OS/c1-3-4-11-7-9(2)8-12-5-6-14-10(12)13/h5-6,9,11H,3-4,7-8H2,1-2H3. The van der Waals surface area contributed by atoms with Gasteiger partial charge in [0.15, 0.2) is 0 Å². The van der Waals surface area contributed by atoms with E-state index >= 15 is 0 Å². The lowest BCUT2D eigenvalue weighted by Gasteiger charge is -2.12. The van der Waals surface area contributed by atoms with Crippen molar-refractivity contribution in [1.29, 1.82) is 0 Å². The van der Waals surface area contributed by atoms with Crippen LogP contribution in [0.4, 0.5) is 0 Å². The van der Waals surface area contributed by atoms with Crippen molar-refractivity contribution in [2.24, 2.45) is 5.92 Å². The molecule has 0 aliphatic rings. The Labute approximate surface area is 88.8 Å². The lowest BCUT2D eigenvalue weighted by molar-refractivity contribution is 0.443. The molecule has 0 radical (unpaired) electrons. The molecule has 1 rings (SSSR count). The number of rotatable bonds is 6. The highest BCUT2D eigenvalue weighted by atomic mass is 32.1. The molecule has 80 valence electrons. The van der Waals surface area contributed by atoms with Gasteiger partial charge in [-0.2, -0.15) is 0 Å². The molecule has 14 heavy (non-hydrogen) atoms. The van der Waals surface area contributed by atoms with Gasteiger partial charge in [-0.05, 0) is 25.4 Å². The molecule has 0 saturated heterocycles. The maximum Gasteiger partial charge on any atom is 0.307 e. The Kier molecular flexibility index (Phi) is 4.90. The fraction of sp³-hybridized carbons (Fsp3) is 0.700. The van der Waals surface area contributed by atoms with Crippen molar-refractivity contribution < 1.29 is 0 Å². The van der Waals surface area contributed by atoms with E-state index in [0.717, 1.165) is 26.1 Å². The van der Waals surface area contributed by atoms with E-state index in [9.17, 15) is 4.79 Å². The molecule has 0 fully saturated rings. The summed E-state index contributed by atoms with van der Waals surface area (Å²) in [7, 11) is 0. The maximum atomic E-state index is 11.2.